The van der Waals surface area contributed by atoms with Crippen LogP contribution in [-0.2, 0) is 4.74 Å². The molecule has 0 radical (unpaired) electrons. The van der Waals surface area contributed by atoms with Gasteiger partial charge in [-0.1, -0.05) is 25.8 Å². The van der Waals surface area contributed by atoms with Gasteiger partial charge in [0.25, 0.3) is 5.91 Å². The van der Waals surface area contributed by atoms with Crippen LogP contribution in [0.15, 0.2) is 17.5 Å². The van der Waals surface area contributed by atoms with E-state index in [2.05, 4.69) is 6.92 Å². The summed E-state index contributed by atoms with van der Waals surface area (Å²) in [5, 5.41) is 1.97. The second kappa shape index (κ2) is 6.27. The lowest BCUT2D eigenvalue weighted by molar-refractivity contribution is -0.0873. The van der Waals surface area contributed by atoms with E-state index in [1.807, 2.05) is 22.4 Å². The lowest BCUT2D eigenvalue weighted by Gasteiger charge is -2.38. The predicted molar refractivity (Wildman–Crippen MR) is 81.1 cm³/mol. The Morgan fingerprint density at radius 2 is 2.30 bits per heavy atom. The van der Waals surface area contributed by atoms with Crippen LogP contribution >= 0.6 is 11.3 Å². The average Bonchev–Trinajstić information content (AvgIpc) is 3.19. The molecule has 20 heavy (non-hydrogen) atoms. The maximum Gasteiger partial charge on any atom is 0.264 e. The fraction of sp³-hybridized carbons (Fsp3) is 0.688. The molecule has 1 saturated heterocycles. The Kier molecular flexibility index (Phi) is 4.41. The predicted octanol–water partition coefficient (Wildman–Crippen LogP) is 3.56. The fourth-order valence-electron chi connectivity index (χ4n) is 2.91. The second-order valence-corrected chi connectivity index (χ2v) is 6.91. The molecule has 2 atom stereocenters. The van der Waals surface area contributed by atoms with Gasteiger partial charge in [-0.25, -0.2) is 0 Å². The number of amides is 1. The summed E-state index contributed by atoms with van der Waals surface area (Å²) < 4.78 is 6.22. The van der Waals surface area contributed by atoms with Crippen molar-refractivity contribution in [2.24, 2.45) is 5.92 Å². The Morgan fingerprint density at radius 3 is 2.95 bits per heavy atom. The van der Waals surface area contributed by atoms with Crippen molar-refractivity contribution in [2.45, 2.75) is 51.2 Å². The van der Waals surface area contributed by atoms with Crippen LogP contribution in [0.3, 0.4) is 0 Å². The molecule has 2 heterocycles. The van der Waals surface area contributed by atoms with Crippen molar-refractivity contribution in [1.29, 1.82) is 0 Å². The van der Waals surface area contributed by atoms with Crippen LogP contribution in [0.2, 0.25) is 0 Å². The van der Waals surface area contributed by atoms with Crippen LogP contribution in [0, 0.1) is 5.92 Å². The second-order valence-electron chi connectivity index (χ2n) is 5.96. The Bertz CT molecular complexity index is 441. The molecule has 1 aromatic rings. The van der Waals surface area contributed by atoms with Crippen molar-refractivity contribution in [2.75, 3.05) is 13.1 Å². The zero-order valence-electron chi connectivity index (χ0n) is 12.1. The normalized spacial score (nSPS) is 26.8. The molecule has 110 valence electrons. The van der Waals surface area contributed by atoms with E-state index in [1.54, 1.807) is 0 Å². The first-order chi connectivity index (χ1) is 9.78. The van der Waals surface area contributed by atoms with Crippen molar-refractivity contribution in [3.05, 3.63) is 22.4 Å². The van der Waals surface area contributed by atoms with Crippen LogP contribution in [0.25, 0.3) is 0 Å². The lowest BCUT2D eigenvalue weighted by atomic mass is 10.1. The van der Waals surface area contributed by atoms with Crippen LogP contribution < -0.4 is 0 Å². The Morgan fingerprint density at radius 1 is 1.45 bits per heavy atom. The third kappa shape index (κ3) is 3.23. The minimum atomic E-state index is 0.190. The van der Waals surface area contributed by atoms with Gasteiger partial charge in [-0.2, -0.15) is 0 Å². The molecule has 3 rings (SSSR count). The molecule has 4 heteroatoms. The summed E-state index contributed by atoms with van der Waals surface area (Å²) in [4.78, 5) is 15.4. The smallest absolute Gasteiger partial charge is 0.264 e. The Balaban J connectivity index is 1.67. The molecule has 0 spiro atoms. The first-order valence-corrected chi connectivity index (χ1v) is 8.64. The van der Waals surface area contributed by atoms with Crippen molar-refractivity contribution in [1.82, 2.24) is 4.90 Å². The number of rotatable bonds is 5. The Hall–Kier alpha value is -0.870. The Labute approximate surface area is 124 Å². The summed E-state index contributed by atoms with van der Waals surface area (Å²) in [5.74, 6) is 0.883. The van der Waals surface area contributed by atoms with E-state index in [9.17, 15) is 4.79 Å². The summed E-state index contributed by atoms with van der Waals surface area (Å²) >= 11 is 1.54. The molecule has 1 aliphatic heterocycles. The lowest BCUT2D eigenvalue weighted by Crippen LogP contribution is -2.50. The molecule has 1 amide bonds. The van der Waals surface area contributed by atoms with Crippen molar-refractivity contribution < 1.29 is 9.53 Å². The van der Waals surface area contributed by atoms with Crippen LogP contribution in [0.4, 0.5) is 0 Å². The number of carbonyl (C=O) groups is 1. The number of nitrogens with zero attached hydrogens (tertiary/aromatic N) is 1. The van der Waals surface area contributed by atoms with Crippen LogP contribution in [0.5, 0.6) is 0 Å². The van der Waals surface area contributed by atoms with Gasteiger partial charge in [-0.3, -0.25) is 4.79 Å². The molecule has 2 fully saturated rings. The molecule has 1 aliphatic carbocycles. The molecule has 1 aromatic heterocycles. The van der Waals surface area contributed by atoms with Crippen molar-refractivity contribution >= 4 is 17.2 Å². The highest BCUT2D eigenvalue weighted by molar-refractivity contribution is 7.12. The summed E-state index contributed by atoms with van der Waals surface area (Å²) in [6.07, 6.45) is 6.50. The number of carbonyl (C=O) groups excluding carboxylic acids is 1. The highest BCUT2D eigenvalue weighted by Gasteiger charge is 2.39. The molecule has 0 N–H and O–H groups in total. The van der Waals surface area contributed by atoms with Gasteiger partial charge in [0.1, 0.15) is 0 Å². The summed E-state index contributed by atoms with van der Waals surface area (Å²) in [6.45, 7) is 3.75. The van der Waals surface area contributed by atoms with Gasteiger partial charge < -0.3 is 9.64 Å². The molecule has 0 bridgehead atoms. The summed E-state index contributed by atoms with van der Waals surface area (Å²) in [7, 11) is 0. The third-order valence-corrected chi connectivity index (χ3v) is 5.10. The van der Waals surface area contributed by atoms with Crippen LogP contribution in [0.1, 0.15) is 48.7 Å². The molecule has 0 unspecified atom stereocenters. The number of morpholine rings is 1. The number of ether oxygens (including phenoxy) is 1. The maximum atomic E-state index is 12.5. The minimum Gasteiger partial charge on any atom is -0.371 e. The highest BCUT2D eigenvalue weighted by Crippen LogP contribution is 2.37. The quantitative estimate of drug-likeness (QED) is 0.831. The highest BCUT2D eigenvalue weighted by atomic mass is 32.1. The topological polar surface area (TPSA) is 29.5 Å². The molecular weight excluding hydrogens is 270 g/mol. The maximum absolute atomic E-state index is 12.5. The van der Waals surface area contributed by atoms with Crippen molar-refractivity contribution in [3.8, 4) is 0 Å². The standard InChI is InChI=1S/C16H23NO2S/c1-2-3-5-13-10-17(11-14(19-13)12-7-8-12)16(18)15-6-4-9-20-15/h4,6,9,12-14H,2-3,5,7-8,10-11H2,1H3/t13-,14-/m1/s1. The van der Waals surface area contributed by atoms with Crippen molar-refractivity contribution in [3.63, 3.8) is 0 Å². The van der Waals surface area contributed by atoms with Crippen LogP contribution in [-0.4, -0.2) is 36.1 Å². The van der Waals surface area contributed by atoms with Gasteiger partial charge in [-0.15, -0.1) is 11.3 Å². The van der Waals surface area contributed by atoms with E-state index in [-0.39, 0.29) is 18.1 Å². The number of hydrogen-bond donors (Lipinski definition) is 0. The minimum absolute atomic E-state index is 0.190. The zero-order chi connectivity index (χ0) is 13.9. The molecular formula is C16H23NO2S. The first-order valence-electron chi connectivity index (χ1n) is 7.76. The average molecular weight is 293 g/mol. The molecule has 0 aromatic carbocycles. The van der Waals surface area contributed by atoms with Gasteiger partial charge in [0, 0.05) is 13.1 Å². The molecule has 2 aliphatic rings. The molecule has 1 saturated carbocycles. The largest absolute Gasteiger partial charge is 0.371 e. The van der Waals surface area contributed by atoms with Gasteiger partial charge in [0.15, 0.2) is 0 Å². The first kappa shape index (κ1) is 14.1. The van der Waals surface area contributed by atoms with E-state index in [1.165, 1.54) is 37.0 Å². The molecule has 3 nitrogen and oxygen atoms in total. The van der Waals surface area contributed by atoms with Gasteiger partial charge >= 0.3 is 0 Å². The third-order valence-electron chi connectivity index (χ3n) is 4.24. The number of thiophene rings is 1. The fourth-order valence-corrected chi connectivity index (χ4v) is 3.60. The van der Waals surface area contributed by atoms with E-state index < -0.39 is 0 Å². The van der Waals surface area contributed by atoms with E-state index >= 15 is 0 Å². The summed E-state index contributed by atoms with van der Waals surface area (Å²) in [5.41, 5.74) is 0. The van der Waals surface area contributed by atoms with E-state index in [4.69, 9.17) is 4.74 Å². The van der Waals surface area contributed by atoms with E-state index in [0.717, 1.165) is 24.4 Å². The van der Waals surface area contributed by atoms with E-state index in [0.29, 0.717) is 5.92 Å². The number of hydrogen-bond acceptors (Lipinski definition) is 3. The van der Waals surface area contributed by atoms with Gasteiger partial charge in [0.2, 0.25) is 0 Å². The SMILES string of the molecule is CCCC[C@@H]1CN(C(=O)c2cccs2)C[C@H](C2CC2)O1. The summed E-state index contributed by atoms with van der Waals surface area (Å²) in [6, 6.07) is 3.88. The van der Waals surface area contributed by atoms with Gasteiger partial charge in [-0.05, 0) is 36.6 Å². The van der Waals surface area contributed by atoms with Gasteiger partial charge in [0.05, 0.1) is 17.1 Å². The monoisotopic (exact) mass is 293 g/mol. The zero-order valence-corrected chi connectivity index (χ0v) is 12.9. The number of unbranched alkanes of at least 4 members (excludes halogenated alkanes) is 1.